The molecule has 7 heteroatoms. The van der Waals surface area contributed by atoms with E-state index in [0.29, 0.717) is 23.4 Å². The van der Waals surface area contributed by atoms with Crippen LogP contribution in [0, 0.1) is 0 Å². The molecule has 1 atom stereocenters. The van der Waals surface area contributed by atoms with Crippen molar-refractivity contribution in [1.82, 2.24) is 4.98 Å². The van der Waals surface area contributed by atoms with Crippen LogP contribution in [0.5, 0.6) is 0 Å². The second-order valence-electron chi connectivity index (χ2n) is 4.93. The molecule has 23 heavy (non-hydrogen) atoms. The van der Waals surface area contributed by atoms with Crippen molar-refractivity contribution in [3.8, 4) is 0 Å². The molecule has 0 bridgehead atoms. The van der Waals surface area contributed by atoms with Crippen LogP contribution in [0.25, 0.3) is 10.9 Å². The van der Waals surface area contributed by atoms with Gasteiger partial charge in [-0.25, -0.2) is 0 Å². The fourth-order valence-electron chi connectivity index (χ4n) is 2.17. The second-order valence-corrected chi connectivity index (χ2v) is 6.16. The lowest BCUT2D eigenvalue weighted by Crippen LogP contribution is -2.29. The molecular formula is C16H17BrClNO4-2. The molecule has 0 aliphatic heterocycles. The molecule has 0 aliphatic carbocycles. The summed E-state index contributed by atoms with van der Waals surface area (Å²) in [7, 11) is 0. The standard InChI is InChI=1S/C12H11BrClNO2.C4H8O2/c1-2-6(12(16)17)7-5-15-9-4-3-8(13)11(14)10(7)9;1-2-3-4(5)6/h3-6,15H,2H2,1H3,(H,16,17);2-3H2,1H3,(H,5,6)/p-2. The van der Waals surface area contributed by atoms with E-state index in [1.807, 2.05) is 19.1 Å². The van der Waals surface area contributed by atoms with Crippen molar-refractivity contribution < 1.29 is 19.8 Å². The van der Waals surface area contributed by atoms with E-state index in [0.717, 1.165) is 15.4 Å². The molecule has 2 rings (SSSR count). The van der Waals surface area contributed by atoms with Gasteiger partial charge in [-0.3, -0.25) is 0 Å². The van der Waals surface area contributed by atoms with Gasteiger partial charge >= 0.3 is 0 Å². The molecule has 1 aromatic carbocycles. The van der Waals surface area contributed by atoms with Crippen LogP contribution in [-0.4, -0.2) is 16.9 Å². The Morgan fingerprint density at radius 2 is 1.96 bits per heavy atom. The maximum absolute atomic E-state index is 11.1. The van der Waals surface area contributed by atoms with Gasteiger partial charge in [-0.15, -0.1) is 0 Å². The zero-order chi connectivity index (χ0) is 17.6. The largest absolute Gasteiger partial charge is 0.550 e. The molecule has 0 fully saturated rings. The van der Waals surface area contributed by atoms with E-state index in [1.165, 1.54) is 0 Å². The van der Waals surface area contributed by atoms with Crippen LogP contribution in [0.3, 0.4) is 0 Å². The molecule has 2 aromatic rings. The topological polar surface area (TPSA) is 96.0 Å². The van der Waals surface area contributed by atoms with Crippen LogP contribution in [0.15, 0.2) is 22.8 Å². The molecule has 0 radical (unpaired) electrons. The monoisotopic (exact) mass is 401 g/mol. The van der Waals surface area contributed by atoms with Gasteiger partial charge in [0.25, 0.3) is 0 Å². The SMILES string of the molecule is CCC(C(=O)[O-])c1c[nH]c2ccc(Br)c(Cl)c12.CCCC(=O)[O-]. The summed E-state index contributed by atoms with van der Waals surface area (Å²) in [4.78, 5) is 23.6. The number of aromatic amines is 1. The average Bonchev–Trinajstić information content (AvgIpc) is 2.88. The van der Waals surface area contributed by atoms with Crippen molar-refractivity contribution in [2.45, 2.75) is 39.0 Å². The van der Waals surface area contributed by atoms with Crippen molar-refractivity contribution >= 4 is 50.4 Å². The number of hydrogen-bond donors (Lipinski definition) is 1. The molecular weight excluding hydrogens is 386 g/mol. The Balaban J connectivity index is 0.000000379. The first-order valence-electron chi connectivity index (χ1n) is 7.19. The minimum Gasteiger partial charge on any atom is -0.550 e. The number of benzene rings is 1. The minimum absolute atomic E-state index is 0.181. The number of carboxylic acid groups (broad SMARTS) is 2. The van der Waals surface area contributed by atoms with Gasteiger partial charge < -0.3 is 24.8 Å². The van der Waals surface area contributed by atoms with Crippen molar-refractivity contribution in [1.29, 1.82) is 0 Å². The van der Waals surface area contributed by atoms with Gasteiger partial charge in [-0.1, -0.05) is 31.9 Å². The Kier molecular flexibility index (Phi) is 7.58. The highest BCUT2D eigenvalue weighted by Crippen LogP contribution is 2.36. The Labute approximate surface area is 147 Å². The number of rotatable bonds is 5. The maximum Gasteiger partial charge on any atom is 0.0644 e. The minimum atomic E-state index is -1.08. The number of nitrogens with one attached hydrogen (secondary N) is 1. The van der Waals surface area contributed by atoms with E-state index in [9.17, 15) is 19.8 Å². The number of carbonyl (C=O) groups excluding carboxylic acids is 2. The van der Waals surface area contributed by atoms with Gasteiger partial charge in [0, 0.05) is 39.4 Å². The lowest BCUT2D eigenvalue weighted by Gasteiger charge is -2.15. The summed E-state index contributed by atoms with van der Waals surface area (Å²) in [6.07, 6.45) is 3.01. The van der Waals surface area contributed by atoms with E-state index in [-0.39, 0.29) is 6.42 Å². The van der Waals surface area contributed by atoms with Crippen molar-refractivity contribution in [2.24, 2.45) is 0 Å². The lowest BCUT2D eigenvalue weighted by atomic mass is 9.96. The Morgan fingerprint density at radius 3 is 2.39 bits per heavy atom. The summed E-state index contributed by atoms with van der Waals surface area (Å²) in [6.45, 7) is 3.61. The summed E-state index contributed by atoms with van der Waals surface area (Å²) >= 11 is 9.53. The molecule has 1 heterocycles. The van der Waals surface area contributed by atoms with Crippen LogP contribution in [0.2, 0.25) is 5.02 Å². The van der Waals surface area contributed by atoms with Gasteiger partial charge in [-0.05, 0) is 46.5 Å². The van der Waals surface area contributed by atoms with E-state index in [4.69, 9.17) is 11.6 Å². The van der Waals surface area contributed by atoms with Gasteiger partial charge in [0.1, 0.15) is 0 Å². The van der Waals surface area contributed by atoms with Gasteiger partial charge in [-0.2, -0.15) is 0 Å². The summed E-state index contributed by atoms with van der Waals surface area (Å²) in [5.41, 5.74) is 1.50. The highest BCUT2D eigenvalue weighted by molar-refractivity contribution is 9.10. The molecule has 0 saturated heterocycles. The van der Waals surface area contributed by atoms with E-state index in [2.05, 4.69) is 20.9 Å². The van der Waals surface area contributed by atoms with E-state index >= 15 is 0 Å². The number of H-pyrrole nitrogens is 1. The number of hydrogen-bond acceptors (Lipinski definition) is 4. The highest BCUT2D eigenvalue weighted by Gasteiger charge is 2.18. The third kappa shape index (κ3) is 4.97. The molecule has 0 saturated carbocycles. The number of carbonyl (C=O) groups is 2. The molecule has 0 amide bonds. The molecule has 0 spiro atoms. The first kappa shape index (κ1) is 19.5. The van der Waals surface area contributed by atoms with Crippen LogP contribution >= 0.6 is 27.5 Å². The predicted octanol–water partition coefficient (Wildman–Crippen LogP) is 2.36. The molecule has 1 unspecified atom stereocenters. The van der Waals surface area contributed by atoms with Crippen LogP contribution in [0.1, 0.15) is 44.6 Å². The van der Waals surface area contributed by atoms with E-state index in [1.54, 1.807) is 13.1 Å². The van der Waals surface area contributed by atoms with Crippen LogP contribution in [0.4, 0.5) is 0 Å². The van der Waals surface area contributed by atoms with Crippen LogP contribution in [-0.2, 0) is 9.59 Å². The molecule has 1 aromatic heterocycles. The maximum atomic E-state index is 11.1. The Hall–Kier alpha value is -1.53. The smallest absolute Gasteiger partial charge is 0.0644 e. The Morgan fingerprint density at radius 1 is 1.30 bits per heavy atom. The number of aliphatic carboxylic acids is 2. The summed E-state index contributed by atoms with van der Waals surface area (Å²) in [6, 6.07) is 3.68. The van der Waals surface area contributed by atoms with Gasteiger partial charge in [0.15, 0.2) is 0 Å². The lowest BCUT2D eigenvalue weighted by molar-refractivity contribution is -0.308. The quantitative estimate of drug-likeness (QED) is 0.830. The number of carboxylic acids is 2. The highest BCUT2D eigenvalue weighted by atomic mass is 79.9. The van der Waals surface area contributed by atoms with Crippen LogP contribution < -0.4 is 10.2 Å². The molecule has 0 aliphatic rings. The fourth-order valence-corrected chi connectivity index (χ4v) is 2.78. The second kappa shape index (κ2) is 8.93. The first-order valence-corrected chi connectivity index (χ1v) is 8.36. The van der Waals surface area contributed by atoms with Gasteiger partial charge in [0.2, 0.25) is 0 Å². The fraction of sp³-hybridized carbons (Fsp3) is 0.375. The molecule has 5 nitrogen and oxygen atoms in total. The summed E-state index contributed by atoms with van der Waals surface area (Å²) < 4.78 is 0.751. The predicted molar refractivity (Wildman–Crippen MR) is 89.0 cm³/mol. The summed E-state index contributed by atoms with van der Waals surface area (Å²) in [5.74, 6) is -2.68. The number of halogens is 2. The van der Waals surface area contributed by atoms with Crippen molar-refractivity contribution in [2.75, 3.05) is 0 Å². The Bertz CT molecular complexity index is 699. The number of aromatic nitrogens is 1. The first-order chi connectivity index (χ1) is 10.8. The third-order valence-corrected chi connectivity index (χ3v) is 4.57. The average molecular weight is 403 g/mol. The zero-order valence-electron chi connectivity index (χ0n) is 12.8. The van der Waals surface area contributed by atoms with Crippen molar-refractivity contribution in [3.05, 3.63) is 33.4 Å². The molecule has 1 N–H and O–H groups in total. The summed E-state index contributed by atoms with van der Waals surface area (Å²) in [5, 5.41) is 21.9. The van der Waals surface area contributed by atoms with E-state index < -0.39 is 17.9 Å². The zero-order valence-corrected chi connectivity index (χ0v) is 15.2. The number of fused-ring (bicyclic) bond motifs is 1. The third-order valence-electron chi connectivity index (χ3n) is 3.29. The van der Waals surface area contributed by atoms with Crippen molar-refractivity contribution in [3.63, 3.8) is 0 Å². The normalized spacial score (nSPS) is 11.7. The van der Waals surface area contributed by atoms with Gasteiger partial charge in [0.05, 0.1) is 5.02 Å². The molecule has 126 valence electrons.